The van der Waals surface area contributed by atoms with Gasteiger partial charge in [0.25, 0.3) is 5.91 Å². The first-order chi connectivity index (χ1) is 9.49. The highest BCUT2D eigenvalue weighted by Crippen LogP contribution is 2.29. The number of carboxylic acid groups (broad SMARTS) is 1. The molecule has 0 heterocycles. The molecule has 0 aliphatic heterocycles. The molecule has 1 fully saturated rings. The third kappa shape index (κ3) is 3.01. The van der Waals surface area contributed by atoms with Crippen molar-refractivity contribution >= 4 is 11.9 Å². The summed E-state index contributed by atoms with van der Waals surface area (Å²) in [4.78, 5) is 22.8. The van der Waals surface area contributed by atoms with E-state index in [-0.39, 0.29) is 23.3 Å². The van der Waals surface area contributed by atoms with Crippen LogP contribution in [0.1, 0.15) is 36.0 Å². The lowest BCUT2D eigenvalue weighted by atomic mass is 9.86. The van der Waals surface area contributed by atoms with E-state index in [1.807, 2.05) is 0 Å². The van der Waals surface area contributed by atoms with Gasteiger partial charge >= 0.3 is 5.97 Å². The number of para-hydroxylation sites is 1. The van der Waals surface area contributed by atoms with E-state index in [1.165, 1.54) is 18.2 Å². The van der Waals surface area contributed by atoms with Crippen molar-refractivity contribution in [2.75, 3.05) is 0 Å². The Labute approximate surface area is 116 Å². The number of carbonyl (C=O) groups is 2. The Bertz CT molecular complexity index is 520. The van der Waals surface area contributed by atoms with Crippen LogP contribution < -0.4 is 5.32 Å². The van der Waals surface area contributed by atoms with E-state index in [0.717, 1.165) is 0 Å². The molecule has 0 saturated heterocycles. The van der Waals surface area contributed by atoms with Crippen LogP contribution in [0, 0.1) is 5.92 Å². The van der Waals surface area contributed by atoms with Crippen LogP contribution in [0.3, 0.4) is 0 Å². The Morgan fingerprint density at radius 2 is 1.75 bits per heavy atom. The van der Waals surface area contributed by atoms with Gasteiger partial charge in [0.05, 0.1) is 11.5 Å². The number of benzene rings is 1. The maximum atomic E-state index is 12.0. The molecule has 0 atom stereocenters. The Hall–Kier alpha value is -2.24. The van der Waals surface area contributed by atoms with E-state index >= 15 is 0 Å². The normalized spacial score (nSPS) is 22.2. The summed E-state index contributed by atoms with van der Waals surface area (Å²) in [6, 6.07) is 4.10. The molecule has 1 saturated carbocycles. The van der Waals surface area contributed by atoms with Gasteiger partial charge in [0.15, 0.2) is 11.5 Å². The number of phenolic OH excluding ortho intramolecular Hbond substituents is 2. The predicted octanol–water partition coefficient (Wildman–Crippen LogP) is 1.47. The van der Waals surface area contributed by atoms with Gasteiger partial charge in [-0.25, -0.2) is 0 Å². The van der Waals surface area contributed by atoms with Crippen molar-refractivity contribution in [1.82, 2.24) is 5.32 Å². The average Bonchev–Trinajstić information content (AvgIpc) is 2.42. The highest BCUT2D eigenvalue weighted by atomic mass is 16.4. The molecule has 20 heavy (non-hydrogen) atoms. The molecule has 4 N–H and O–H groups in total. The second-order valence-corrected chi connectivity index (χ2v) is 5.03. The zero-order chi connectivity index (χ0) is 14.7. The number of carboxylic acids is 1. The third-order valence-electron chi connectivity index (χ3n) is 3.67. The van der Waals surface area contributed by atoms with Crippen LogP contribution in [0.15, 0.2) is 18.2 Å². The molecule has 1 aromatic carbocycles. The smallest absolute Gasteiger partial charge is 0.306 e. The van der Waals surface area contributed by atoms with Crippen LogP contribution in [-0.4, -0.2) is 33.2 Å². The number of aliphatic carboxylic acids is 1. The van der Waals surface area contributed by atoms with Crippen molar-refractivity contribution in [2.24, 2.45) is 5.92 Å². The molecule has 0 radical (unpaired) electrons. The fourth-order valence-electron chi connectivity index (χ4n) is 2.46. The van der Waals surface area contributed by atoms with Crippen LogP contribution >= 0.6 is 0 Å². The minimum atomic E-state index is -0.791. The number of phenols is 2. The molecule has 0 spiro atoms. The van der Waals surface area contributed by atoms with E-state index in [9.17, 15) is 19.8 Å². The Morgan fingerprint density at radius 3 is 2.35 bits per heavy atom. The second-order valence-electron chi connectivity index (χ2n) is 5.03. The number of aromatic hydroxyl groups is 2. The topological polar surface area (TPSA) is 107 Å². The zero-order valence-corrected chi connectivity index (χ0v) is 10.9. The van der Waals surface area contributed by atoms with Gasteiger partial charge in [-0.2, -0.15) is 0 Å². The first-order valence-electron chi connectivity index (χ1n) is 6.53. The van der Waals surface area contributed by atoms with Gasteiger partial charge in [-0.05, 0) is 37.8 Å². The summed E-state index contributed by atoms with van der Waals surface area (Å²) in [5.41, 5.74) is 0.0189. The van der Waals surface area contributed by atoms with E-state index in [4.69, 9.17) is 5.11 Å². The summed E-state index contributed by atoms with van der Waals surface area (Å²) in [7, 11) is 0. The summed E-state index contributed by atoms with van der Waals surface area (Å²) in [5, 5.41) is 30.6. The fourth-order valence-corrected chi connectivity index (χ4v) is 2.46. The van der Waals surface area contributed by atoms with Crippen molar-refractivity contribution < 1.29 is 24.9 Å². The van der Waals surface area contributed by atoms with Crippen LogP contribution in [0.2, 0.25) is 0 Å². The number of amides is 1. The molecular formula is C14H17NO5. The maximum absolute atomic E-state index is 12.0. The highest BCUT2D eigenvalue weighted by molar-refractivity contribution is 5.97. The molecule has 2 rings (SSSR count). The summed E-state index contributed by atoms with van der Waals surface area (Å²) >= 11 is 0. The molecule has 6 nitrogen and oxygen atoms in total. The van der Waals surface area contributed by atoms with E-state index in [0.29, 0.717) is 25.7 Å². The SMILES string of the molecule is O=C(NC1CCC(C(=O)O)CC1)c1cccc(O)c1O. The average molecular weight is 279 g/mol. The quantitative estimate of drug-likeness (QED) is 0.627. The molecule has 108 valence electrons. The van der Waals surface area contributed by atoms with E-state index in [2.05, 4.69) is 5.32 Å². The van der Waals surface area contributed by atoms with Gasteiger partial charge < -0.3 is 20.6 Å². The monoisotopic (exact) mass is 279 g/mol. The summed E-state index contributed by atoms with van der Waals surface area (Å²) in [6.45, 7) is 0. The lowest BCUT2D eigenvalue weighted by Gasteiger charge is -2.26. The summed E-state index contributed by atoms with van der Waals surface area (Å²) in [5.74, 6) is -2.37. The Balaban J connectivity index is 1.96. The van der Waals surface area contributed by atoms with Gasteiger partial charge in [-0.15, -0.1) is 0 Å². The first kappa shape index (κ1) is 14.2. The third-order valence-corrected chi connectivity index (χ3v) is 3.67. The minimum absolute atomic E-state index is 0.0189. The minimum Gasteiger partial charge on any atom is -0.504 e. The lowest BCUT2D eigenvalue weighted by molar-refractivity contribution is -0.142. The highest BCUT2D eigenvalue weighted by Gasteiger charge is 2.27. The molecule has 0 aromatic heterocycles. The number of carbonyl (C=O) groups excluding carboxylic acids is 1. The molecule has 6 heteroatoms. The maximum Gasteiger partial charge on any atom is 0.306 e. The number of nitrogens with one attached hydrogen (secondary N) is 1. The largest absolute Gasteiger partial charge is 0.504 e. The molecule has 0 bridgehead atoms. The van der Waals surface area contributed by atoms with Crippen LogP contribution in [-0.2, 0) is 4.79 Å². The fraction of sp³-hybridized carbons (Fsp3) is 0.429. The molecular weight excluding hydrogens is 262 g/mol. The molecule has 1 aliphatic rings. The first-order valence-corrected chi connectivity index (χ1v) is 6.53. The summed E-state index contributed by atoms with van der Waals surface area (Å²) in [6.07, 6.45) is 2.27. The van der Waals surface area contributed by atoms with Gasteiger partial charge in [-0.1, -0.05) is 6.07 Å². The standard InChI is InChI=1S/C14H17NO5/c16-11-3-1-2-10(12(11)17)13(18)15-9-6-4-8(5-7-9)14(19)20/h1-3,8-9,16-17H,4-7H2,(H,15,18)(H,19,20). The predicted molar refractivity (Wildman–Crippen MR) is 70.6 cm³/mol. The Kier molecular flexibility index (Phi) is 4.12. The summed E-state index contributed by atoms with van der Waals surface area (Å²) < 4.78 is 0. The van der Waals surface area contributed by atoms with Crippen molar-refractivity contribution in [3.05, 3.63) is 23.8 Å². The van der Waals surface area contributed by atoms with Crippen molar-refractivity contribution in [3.8, 4) is 11.5 Å². The second kappa shape index (κ2) is 5.81. The van der Waals surface area contributed by atoms with Crippen LogP contribution in [0.5, 0.6) is 11.5 Å². The number of hydrogen-bond donors (Lipinski definition) is 4. The molecule has 1 amide bonds. The van der Waals surface area contributed by atoms with Crippen molar-refractivity contribution in [1.29, 1.82) is 0 Å². The van der Waals surface area contributed by atoms with Gasteiger partial charge in [0, 0.05) is 6.04 Å². The van der Waals surface area contributed by atoms with Gasteiger partial charge in [0.2, 0.25) is 0 Å². The van der Waals surface area contributed by atoms with Crippen LogP contribution in [0.4, 0.5) is 0 Å². The molecule has 1 aromatic rings. The van der Waals surface area contributed by atoms with E-state index < -0.39 is 17.6 Å². The van der Waals surface area contributed by atoms with Gasteiger partial charge in [0.1, 0.15) is 0 Å². The molecule has 1 aliphatic carbocycles. The van der Waals surface area contributed by atoms with E-state index in [1.54, 1.807) is 0 Å². The molecule has 0 unspecified atom stereocenters. The van der Waals surface area contributed by atoms with Crippen molar-refractivity contribution in [2.45, 2.75) is 31.7 Å². The Morgan fingerprint density at radius 1 is 1.10 bits per heavy atom. The van der Waals surface area contributed by atoms with Crippen LogP contribution in [0.25, 0.3) is 0 Å². The zero-order valence-electron chi connectivity index (χ0n) is 10.9. The lowest BCUT2D eigenvalue weighted by Crippen LogP contribution is -2.38. The van der Waals surface area contributed by atoms with Crippen molar-refractivity contribution in [3.63, 3.8) is 0 Å². The number of rotatable bonds is 3. The van der Waals surface area contributed by atoms with Gasteiger partial charge in [-0.3, -0.25) is 9.59 Å². The number of hydrogen-bond acceptors (Lipinski definition) is 4.